The molecule has 3 rings (SSSR count). The topological polar surface area (TPSA) is 34.4 Å². The molecule has 0 bridgehead atoms. The smallest absolute Gasteiger partial charge is 0.265 e. The number of rotatable bonds is 0. The summed E-state index contributed by atoms with van der Waals surface area (Å²) in [5.74, 6) is 0. The lowest BCUT2D eigenvalue weighted by Crippen LogP contribution is -2.10. The maximum atomic E-state index is 11.9. The van der Waals surface area contributed by atoms with Crippen LogP contribution in [0.2, 0.25) is 0 Å². The Bertz CT molecular complexity index is 668. The Hall–Kier alpha value is -1.68. The first kappa shape index (κ1) is 7.70. The molecule has 0 fully saturated rings. The van der Waals surface area contributed by atoms with Gasteiger partial charge in [-0.3, -0.25) is 9.20 Å². The van der Waals surface area contributed by atoms with Crippen molar-refractivity contribution in [1.29, 1.82) is 0 Å². The molecule has 0 saturated carbocycles. The van der Waals surface area contributed by atoms with Crippen LogP contribution >= 0.6 is 11.3 Å². The van der Waals surface area contributed by atoms with E-state index in [1.165, 1.54) is 11.3 Å². The summed E-state index contributed by atoms with van der Waals surface area (Å²) < 4.78 is 2.56. The quantitative estimate of drug-likeness (QED) is 0.558. The van der Waals surface area contributed by atoms with E-state index >= 15 is 0 Å². The van der Waals surface area contributed by atoms with Crippen molar-refractivity contribution < 1.29 is 0 Å². The average molecular weight is 202 g/mol. The highest BCUT2D eigenvalue weighted by atomic mass is 32.1. The van der Waals surface area contributed by atoms with Gasteiger partial charge in [-0.15, -0.1) is 0 Å². The van der Waals surface area contributed by atoms with Gasteiger partial charge in [-0.05, 0) is 12.1 Å². The first-order valence-corrected chi connectivity index (χ1v) is 5.03. The summed E-state index contributed by atoms with van der Waals surface area (Å²) in [6, 6.07) is 7.58. The van der Waals surface area contributed by atoms with E-state index in [2.05, 4.69) is 4.98 Å². The van der Waals surface area contributed by atoms with Crippen molar-refractivity contribution in [3.05, 3.63) is 47.0 Å². The van der Waals surface area contributed by atoms with Crippen LogP contribution in [-0.2, 0) is 0 Å². The van der Waals surface area contributed by atoms with Crippen molar-refractivity contribution in [2.45, 2.75) is 0 Å². The normalized spacial score (nSPS) is 11.1. The number of nitrogens with zero attached hydrogens (tertiary/aromatic N) is 2. The molecule has 1 aromatic carbocycles. The number of aromatic nitrogens is 2. The lowest BCUT2D eigenvalue weighted by molar-refractivity contribution is 1.16. The number of fused-ring (bicyclic) bond motifs is 2. The van der Waals surface area contributed by atoms with Crippen molar-refractivity contribution in [2.75, 3.05) is 0 Å². The van der Waals surface area contributed by atoms with Gasteiger partial charge in [0, 0.05) is 17.1 Å². The van der Waals surface area contributed by atoms with Crippen molar-refractivity contribution in [2.24, 2.45) is 0 Å². The van der Waals surface area contributed by atoms with Gasteiger partial charge in [-0.1, -0.05) is 23.5 Å². The van der Waals surface area contributed by atoms with Crippen LogP contribution in [-0.4, -0.2) is 9.38 Å². The summed E-state index contributed by atoms with van der Waals surface area (Å²) >= 11 is 1.52. The molecule has 0 aliphatic rings. The van der Waals surface area contributed by atoms with E-state index in [1.54, 1.807) is 16.8 Å². The van der Waals surface area contributed by atoms with Crippen LogP contribution < -0.4 is 5.56 Å². The second-order valence-corrected chi connectivity index (χ2v) is 3.99. The summed E-state index contributed by atoms with van der Waals surface area (Å²) in [6.07, 6.45) is 3.34. The standard InChI is InChI=1S/C10H6N2OS/c13-9-7-3-1-2-4-8(7)14-10-11-5-6-12(9)10/h1-6H. The minimum absolute atomic E-state index is 0.00634. The van der Waals surface area contributed by atoms with E-state index < -0.39 is 0 Å². The fourth-order valence-corrected chi connectivity index (χ4v) is 2.44. The van der Waals surface area contributed by atoms with E-state index in [9.17, 15) is 4.79 Å². The second-order valence-electron chi connectivity index (χ2n) is 2.98. The van der Waals surface area contributed by atoms with Crippen LogP contribution in [0, 0.1) is 0 Å². The second kappa shape index (κ2) is 2.65. The lowest BCUT2D eigenvalue weighted by atomic mass is 10.3. The van der Waals surface area contributed by atoms with Crippen LogP contribution in [0.1, 0.15) is 0 Å². The van der Waals surface area contributed by atoms with Crippen LogP contribution in [0.25, 0.3) is 15.0 Å². The molecular weight excluding hydrogens is 196 g/mol. The summed E-state index contributed by atoms with van der Waals surface area (Å²) in [5.41, 5.74) is 0.00634. The van der Waals surface area contributed by atoms with Crippen LogP contribution in [0.3, 0.4) is 0 Å². The highest BCUT2D eigenvalue weighted by Gasteiger charge is 2.03. The minimum Gasteiger partial charge on any atom is -0.268 e. The van der Waals surface area contributed by atoms with Gasteiger partial charge >= 0.3 is 0 Å². The van der Waals surface area contributed by atoms with Gasteiger partial charge < -0.3 is 0 Å². The first-order chi connectivity index (χ1) is 6.86. The van der Waals surface area contributed by atoms with E-state index in [0.717, 1.165) is 15.0 Å². The monoisotopic (exact) mass is 202 g/mol. The molecule has 4 heteroatoms. The van der Waals surface area contributed by atoms with Crippen LogP contribution in [0.5, 0.6) is 0 Å². The third kappa shape index (κ3) is 0.914. The Morgan fingerprint density at radius 2 is 2.14 bits per heavy atom. The third-order valence-corrected chi connectivity index (χ3v) is 3.20. The van der Waals surface area contributed by atoms with Gasteiger partial charge in [-0.2, -0.15) is 0 Å². The van der Waals surface area contributed by atoms with Gasteiger partial charge in [0.05, 0.1) is 5.39 Å². The molecule has 14 heavy (non-hydrogen) atoms. The molecule has 0 amide bonds. The predicted octanol–water partition coefficient (Wildman–Crippen LogP) is 1.91. The summed E-state index contributed by atoms with van der Waals surface area (Å²) in [5, 5.41) is 0.753. The highest BCUT2D eigenvalue weighted by Crippen LogP contribution is 2.17. The largest absolute Gasteiger partial charge is 0.268 e. The van der Waals surface area contributed by atoms with E-state index in [-0.39, 0.29) is 5.56 Å². The molecule has 0 saturated heterocycles. The predicted molar refractivity (Wildman–Crippen MR) is 56.8 cm³/mol. The molecule has 3 nitrogen and oxygen atoms in total. The van der Waals surface area contributed by atoms with Crippen LogP contribution in [0.4, 0.5) is 0 Å². The van der Waals surface area contributed by atoms with E-state index in [4.69, 9.17) is 0 Å². The van der Waals surface area contributed by atoms with E-state index in [0.29, 0.717) is 0 Å². The molecule has 0 atom stereocenters. The number of imidazole rings is 1. The van der Waals surface area contributed by atoms with Crippen molar-refractivity contribution in [1.82, 2.24) is 9.38 Å². The molecule has 3 aromatic rings. The SMILES string of the molecule is O=c1c2ccccc2sc2nccn12. The first-order valence-electron chi connectivity index (χ1n) is 4.21. The molecule has 0 unspecified atom stereocenters. The third-order valence-electron chi connectivity index (χ3n) is 2.14. The molecule has 2 heterocycles. The zero-order valence-electron chi connectivity index (χ0n) is 7.18. The zero-order chi connectivity index (χ0) is 9.54. The fourth-order valence-electron chi connectivity index (χ4n) is 1.48. The number of hydrogen-bond acceptors (Lipinski definition) is 3. The fraction of sp³-hybridized carbons (Fsp3) is 0. The van der Waals surface area contributed by atoms with Gasteiger partial charge in [0.15, 0.2) is 4.96 Å². The minimum atomic E-state index is 0.00634. The van der Waals surface area contributed by atoms with Gasteiger partial charge in [0.1, 0.15) is 0 Å². The van der Waals surface area contributed by atoms with E-state index in [1.807, 2.05) is 24.3 Å². The molecule has 0 spiro atoms. The summed E-state index contributed by atoms with van der Waals surface area (Å²) in [4.78, 5) is 16.7. The Kier molecular flexibility index (Phi) is 1.46. The Balaban J connectivity index is 2.70. The molecule has 0 aliphatic heterocycles. The van der Waals surface area contributed by atoms with Crippen molar-refractivity contribution in [3.8, 4) is 0 Å². The number of hydrogen-bond donors (Lipinski definition) is 0. The molecule has 0 radical (unpaired) electrons. The Morgan fingerprint density at radius 1 is 1.29 bits per heavy atom. The highest BCUT2D eigenvalue weighted by molar-refractivity contribution is 7.23. The molecule has 68 valence electrons. The van der Waals surface area contributed by atoms with Gasteiger partial charge in [0.2, 0.25) is 0 Å². The van der Waals surface area contributed by atoms with Crippen LogP contribution in [0.15, 0.2) is 41.5 Å². The average Bonchev–Trinajstić information content (AvgIpc) is 2.66. The lowest BCUT2D eigenvalue weighted by Gasteiger charge is -1.96. The Labute approximate surface area is 83.3 Å². The van der Waals surface area contributed by atoms with Gasteiger partial charge in [-0.25, -0.2) is 4.98 Å². The summed E-state index contributed by atoms with van der Waals surface area (Å²) in [6.45, 7) is 0. The van der Waals surface area contributed by atoms with Gasteiger partial charge in [0.25, 0.3) is 5.56 Å². The zero-order valence-corrected chi connectivity index (χ0v) is 7.99. The summed E-state index contributed by atoms with van der Waals surface area (Å²) in [7, 11) is 0. The number of benzene rings is 1. The molecular formula is C10H6N2OS. The van der Waals surface area contributed by atoms with Crippen molar-refractivity contribution >= 4 is 26.4 Å². The maximum absolute atomic E-state index is 11.9. The molecule has 0 N–H and O–H groups in total. The Morgan fingerprint density at radius 3 is 3.07 bits per heavy atom. The maximum Gasteiger partial charge on any atom is 0.265 e. The molecule has 2 aromatic heterocycles. The molecule has 0 aliphatic carbocycles. The van der Waals surface area contributed by atoms with Crippen molar-refractivity contribution in [3.63, 3.8) is 0 Å².